The van der Waals surface area contributed by atoms with E-state index < -0.39 is 6.09 Å². The molecule has 2 saturated carbocycles. The zero-order valence-electron chi connectivity index (χ0n) is 18.0. The van der Waals surface area contributed by atoms with Crippen LogP contribution in [0, 0.1) is 18.8 Å². The van der Waals surface area contributed by atoms with Gasteiger partial charge in [-0.15, -0.1) is 5.10 Å². The SMILES string of the molecule is Cc1nc(-c2nnn(C)c2NC(=O)OCC2CC2)ccc1O[C@H]1CCC[C@H](C(=O)OI)C1. The van der Waals surface area contributed by atoms with E-state index in [-0.39, 0.29) is 18.0 Å². The Labute approximate surface area is 200 Å². The molecule has 0 aromatic carbocycles. The van der Waals surface area contributed by atoms with Gasteiger partial charge in [0.2, 0.25) is 0 Å². The molecule has 2 fully saturated rings. The zero-order chi connectivity index (χ0) is 22.7. The Kier molecular flexibility index (Phi) is 7.11. The van der Waals surface area contributed by atoms with E-state index in [4.69, 9.17) is 12.5 Å². The summed E-state index contributed by atoms with van der Waals surface area (Å²) >= 11 is 1.64. The fraction of sp³-hybridized carbons (Fsp3) is 0.571. The van der Waals surface area contributed by atoms with E-state index in [1.165, 1.54) is 4.68 Å². The number of carbonyl (C=O) groups is 2. The van der Waals surface area contributed by atoms with Gasteiger partial charge in [0.15, 0.2) is 34.5 Å². The second-order valence-corrected chi connectivity index (χ2v) is 8.80. The molecule has 172 valence electrons. The molecule has 0 spiro atoms. The van der Waals surface area contributed by atoms with Gasteiger partial charge in [0.25, 0.3) is 0 Å². The normalized spacial score (nSPS) is 20.5. The number of nitrogens with one attached hydrogen (secondary N) is 1. The molecule has 10 nitrogen and oxygen atoms in total. The number of aromatic nitrogens is 4. The molecule has 2 aromatic rings. The zero-order valence-corrected chi connectivity index (χ0v) is 20.2. The topological polar surface area (TPSA) is 117 Å². The minimum absolute atomic E-state index is 0.0643. The van der Waals surface area contributed by atoms with Crippen LogP contribution in [0.3, 0.4) is 0 Å². The van der Waals surface area contributed by atoms with Crippen LogP contribution < -0.4 is 10.1 Å². The predicted octanol–water partition coefficient (Wildman–Crippen LogP) is 3.97. The average molecular weight is 555 g/mol. The summed E-state index contributed by atoms with van der Waals surface area (Å²) in [7, 11) is 1.69. The number of halogens is 1. The first kappa shape index (κ1) is 22.7. The van der Waals surface area contributed by atoms with Crippen molar-refractivity contribution in [3.63, 3.8) is 0 Å². The van der Waals surface area contributed by atoms with E-state index in [2.05, 4.69) is 20.6 Å². The second kappa shape index (κ2) is 10.0. The number of hydrogen-bond donors (Lipinski definition) is 1. The monoisotopic (exact) mass is 555 g/mol. The van der Waals surface area contributed by atoms with Crippen LogP contribution in [0.25, 0.3) is 11.4 Å². The maximum Gasteiger partial charge on any atom is 0.412 e. The summed E-state index contributed by atoms with van der Waals surface area (Å²) in [5.74, 6) is 1.23. The lowest BCUT2D eigenvalue weighted by Gasteiger charge is -2.28. The summed E-state index contributed by atoms with van der Waals surface area (Å²) in [6.45, 7) is 2.28. The van der Waals surface area contributed by atoms with Crippen molar-refractivity contribution in [1.82, 2.24) is 20.0 Å². The number of ether oxygens (including phenoxy) is 2. The number of aryl methyl sites for hydroxylation is 2. The Morgan fingerprint density at radius 3 is 2.78 bits per heavy atom. The molecular weight excluding hydrogens is 529 g/mol. The fourth-order valence-electron chi connectivity index (χ4n) is 3.79. The number of carbonyl (C=O) groups excluding carboxylic acids is 2. The summed E-state index contributed by atoms with van der Waals surface area (Å²) in [5, 5.41) is 10.9. The molecule has 0 unspecified atom stereocenters. The summed E-state index contributed by atoms with van der Waals surface area (Å²) in [6, 6.07) is 3.62. The Morgan fingerprint density at radius 1 is 1.25 bits per heavy atom. The van der Waals surface area contributed by atoms with Crippen LogP contribution in [-0.4, -0.2) is 44.8 Å². The first-order valence-electron chi connectivity index (χ1n) is 10.7. The van der Waals surface area contributed by atoms with Crippen molar-refractivity contribution in [2.45, 2.75) is 51.6 Å². The molecule has 2 aliphatic rings. The summed E-state index contributed by atoms with van der Waals surface area (Å²) in [6.07, 6.45) is 4.86. The van der Waals surface area contributed by atoms with E-state index in [1.807, 2.05) is 13.0 Å². The van der Waals surface area contributed by atoms with Crippen molar-refractivity contribution in [1.29, 1.82) is 0 Å². The van der Waals surface area contributed by atoms with E-state index in [0.717, 1.165) is 32.1 Å². The summed E-state index contributed by atoms with van der Waals surface area (Å²) in [5.41, 5.74) is 1.71. The molecule has 4 rings (SSSR count). The van der Waals surface area contributed by atoms with Crippen LogP contribution in [0.5, 0.6) is 5.75 Å². The van der Waals surface area contributed by atoms with Crippen molar-refractivity contribution >= 4 is 40.9 Å². The first-order chi connectivity index (χ1) is 15.4. The summed E-state index contributed by atoms with van der Waals surface area (Å²) < 4.78 is 17.7. The van der Waals surface area contributed by atoms with Crippen LogP contribution in [-0.2, 0) is 19.6 Å². The predicted molar refractivity (Wildman–Crippen MR) is 123 cm³/mol. The Morgan fingerprint density at radius 2 is 2.06 bits per heavy atom. The molecule has 1 amide bonds. The molecular formula is C21H26IN5O5. The van der Waals surface area contributed by atoms with Crippen molar-refractivity contribution in [3.8, 4) is 17.1 Å². The highest BCUT2D eigenvalue weighted by Crippen LogP contribution is 2.32. The van der Waals surface area contributed by atoms with Crippen LogP contribution in [0.4, 0.5) is 10.6 Å². The van der Waals surface area contributed by atoms with E-state index in [9.17, 15) is 9.59 Å². The van der Waals surface area contributed by atoms with Crippen molar-refractivity contribution in [2.24, 2.45) is 18.9 Å². The molecule has 0 saturated heterocycles. The molecule has 0 aliphatic heterocycles. The number of rotatable bonds is 7. The molecule has 2 aliphatic carbocycles. The van der Waals surface area contributed by atoms with Gasteiger partial charge in [-0.05, 0) is 63.5 Å². The lowest BCUT2D eigenvalue weighted by Crippen LogP contribution is -2.30. The smallest absolute Gasteiger partial charge is 0.412 e. The maximum absolute atomic E-state index is 12.1. The van der Waals surface area contributed by atoms with Crippen LogP contribution in [0.1, 0.15) is 44.2 Å². The number of anilines is 1. The van der Waals surface area contributed by atoms with Gasteiger partial charge in [-0.1, -0.05) is 5.21 Å². The highest BCUT2D eigenvalue weighted by Gasteiger charge is 2.30. The lowest BCUT2D eigenvalue weighted by molar-refractivity contribution is -0.137. The minimum atomic E-state index is -0.530. The maximum atomic E-state index is 12.1. The third-order valence-corrected chi connectivity index (χ3v) is 6.24. The van der Waals surface area contributed by atoms with Gasteiger partial charge >= 0.3 is 12.1 Å². The van der Waals surface area contributed by atoms with Crippen LogP contribution >= 0.6 is 23.0 Å². The van der Waals surface area contributed by atoms with Crippen molar-refractivity contribution < 1.29 is 22.1 Å². The molecule has 2 atom stereocenters. The number of pyridine rings is 1. The molecule has 0 radical (unpaired) electrons. The molecule has 2 aromatic heterocycles. The Bertz CT molecular complexity index is 993. The van der Waals surface area contributed by atoms with Gasteiger partial charge in [-0.2, -0.15) is 0 Å². The molecule has 0 bridgehead atoms. The molecule has 11 heteroatoms. The molecule has 1 N–H and O–H groups in total. The second-order valence-electron chi connectivity index (χ2n) is 8.36. The third kappa shape index (κ3) is 5.48. The van der Waals surface area contributed by atoms with Gasteiger partial charge < -0.3 is 12.5 Å². The number of amides is 1. The van der Waals surface area contributed by atoms with Gasteiger partial charge in [0.05, 0.1) is 30.0 Å². The highest BCUT2D eigenvalue weighted by molar-refractivity contribution is 14.1. The fourth-order valence-corrected chi connectivity index (χ4v) is 4.15. The quantitative estimate of drug-likeness (QED) is 0.510. The van der Waals surface area contributed by atoms with Crippen molar-refractivity contribution in [3.05, 3.63) is 17.8 Å². The van der Waals surface area contributed by atoms with Gasteiger partial charge in [-0.25, -0.2) is 14.5 Å². The Hall–Kier alpha value is -2.44. The van der Waals surface area contributed by atoms with Gasteiger partial charge in [-0.3, -0.25) is 10.1 Å². The number of hydrogen-bond acceptors (Lipinski definition) is 8. The van der Waals surface area contributed by atoms with Crippen LogP contribution in [0.15, 0.2) is 12.1 Å². The first-order valence-corrected chi connectivity index (χ1v) is 11.6. The van der Waals surface area contributed by atoms with Gasteiger partial charge in [0, 0.05) is 7.05 Å². The minimum Gasteiger partial charge on any atom is -0.489 e. The van der Waals surface area contributed by atoms with Crippen LogP contribution in [0.2, 0.25) is 0 Å². The molecule has 2 heterocycles. The lowest BCUT2D eigenvalue weighted by atomic mass is 9.87. The Balaban J connectivity index is 1.44. The van der Waals surface area contributed by atoms with Gasteiger partial charge in [0.1, 0.15) is 5.75 Å². The highest BCUT2D eigenvalue weighted by atomic mass is 127. The number of nitrogens with zero attached hydrogens (tertiary/aromatic N) is 4. The van der Waals surface area contributed by atoms with Crippen molar-refractivity contribution in [2.75, 3.05) is 11.9 Å². The third-order valence-electron chi connectivity index (χ3n) is 5.80. The van der Waals surface area contributed by atoms with E-state index in [0.29, 0.717) is 47.6 Å². The van der Waals surface area contributed by atoms with E-state index >= 15 is 0 Å². The summed E-state index contributed by atoms with van der Waals surface area (Å²) in [4.78, 5) is 28.6. The molecule has 32 heavy (non-hydrogen) atoms. The largest absolute Gasteiger partial charge is 0.489 e. The van der Waals surface area contributed by atoms with E-state index in [1.54, 1.807) is 36.1 Å². The standard InChI is InChI=1S/C21H26IN5O5/c1-12-17(31-15-5-3-4-14(10-15)20(28)32-22)9-8-16(23-12)18-19(27(2)26-25-18)24-21(29)30-11-13-6-7-13/h8-9,13-15H,3-7,10-11H2,1-2H3,(H,24,29)/t14-,15-/m0/s1. The average Bonchev–Trinajstić information content (AvgIpc) is 3.56.